The van der Waals surface area contributed by atoms with Crippen molar-refractivity contribution in [1.82, 2.24) is 0 Å². The van der Waals surface area contributed by atoms with Crippen molar-refractivity contribution in [3.05, 3.63) is 46.3 Å². The molecule has 1 aromatic rings. The molecule has 0 N–H and O–H groups in total. The maximum absolute atomic E-state index is 11.8. The highest BCUT2D eigenvalue weighted by molar-refractivity contribution is 5.81. The molecule has 1 saturated carbocycles. The van der Waals surface area contributed by atoms with Crippen LogP contribution >= 0.6 is 0 Å². The molecule has 0 spiro atoms. The highest BCUT2D eigenvalue weighted by Crippen LogP contribution is 2.29. The first kappa shape index (κ1) is 14.6. The predicted molar refractivity (Wildman–Crippen MR) is 79.1 cm³/mol. The lowest BCUT2D eigenvalue weighted by atomic mass is 9.84. The molecule has 4 nitrogen and oxygen atoms in total. The summed E-state index contributed by atoms with van der Waals surface area (Å²) in [5, 5.41) is 3.89. The second-order valence-corrected chi connectivity index (χ2v) is 5.47. The van der Waals surface area contributed by atoms with E-state index in [0.717, 1.165) is 44.1 Å². The van der Waals surface area contributed by atoms with E-state index in [1.54, 1.807) is 0 Å². The van der Waals surface area contributed by atoms with Crippen LogP contribution in [0.3, 0.4) is 0 Å². The lowest BCUT2D eigenvalue weighted by molar-refractivity contribution is -0.124. The average molecular weight is 271 g/mol. The van der Waals surface area contributed by atoms with Crippen molar-refractivity contribution in [3.8, 4) is 0 Å². The molecule has 0 saturated heterocycles. The van der Waals surface area contributed by atoms with Gasteiger partial charge in [-0.2, -0.15) is 0 Å². The normalized spacial score (nSPS) is 20.2. The van der Waals surface area contributed by atoms with Crippen LogP contribution in [0.2, 0.25) is 0 Å². The molecule has 2 unspecified atom stereocenters. The van der Waals surface area contributed by atoms with Crippen molar-refractivity contribution < 1.29 is 4.79 Å². The van der Waals surface area contributed by atoms with Gasteiger partial charge in [0, 0.05) is 17.3 Å². The third kappa shape index (κ3) is 4.10. The first-order valence-corrected chi connectivity index (χ1v) is 7.43. The van der Waals surface area contributed by atoms with Crippen LogP contribution in [0.5, 0.6) is 0 Å². The molecule has 1 fully saturated rings. The molecule has 0 radical (unpaired) electrons. The van der Waals surface area contributed by atoms with Gasteiger partial charge in [0.25, 0.3) is 0 Å². The standard InChI is InChI=1S/C16H21N3O/c17-19-18-15(13-7-2-1-3-8-13)11-6-10-14-9-4-5-12-16(14)20/h1-3,7-8,14-15H,4-6,9-12H2. The number of ketones is 1. The fraction of sp³-hybridized carbons (Fsp3) is 0.562. The summed E-state index contributed by atoms with van der Waals surface area (Å²) < 4.78 is 0. The zero-order valence-corrected chi connectivity index (χ0v) is 11.7. The van der Waals surface area contributed by atoms with Crippen LogP contribution in [-0.2, 0) is 4.79 Å². The van der Waals surface area contributed by atoms with Gasteiger partial charge in [-0.1, -0.05) is 48.3 Å². The SMILES string of the molecule is [N-]=[N+]=NC(CCCC1CCCCC1=O)c1ccccc1. The van der Waals surface area contributed by atoms with Crippen LogP contribution in [0.1, 0.15) is 56.6 Å². The van der Waals surface area contributed by atoms with Gasteiger partial charge in [-0.3, -0.25) is 4.79 Å². The number of benzene rings is 1. The van der Waals surface area contributed by atoms with E-state index >= 15 is 0 Å². The number of carbonyl (C=O) groups is 1. The molecular formula is C16H21N3O. The number of carbonyl (C=O) groups excluding carboxylic acids is 1. The summed E-state index contributed by atoms with van der Waals surface area (Å²) in [5.41, 5.74) is 9.75. The molecule has 0 bridgehead atoms. The summed E-state index contributed by atoms with van der Waals surface area (Å²) in [5.74, 6) is 0.669. The predicted octanol–water partition coefficient (Wildman–Crippen LogP) is 4.97. The molecule has 4 heteroatoms. The van der Waals surface area contributed by atoms with E-state index < -0.39 is 0 Å². The van der Waals surface area contributed by atoms with Crippen LogP contribution in [-0.4, -0.2) is 5.78 Å². The Morgan fingerprint density at radius 3 is 2.80 bits per heavy atom. The van der Waals surface area contributed by atoms with Gasteiger partial charge in [0.15, 0.2) is 0 Å². The Morgan fingerprint density at radius 1 is 1.30 bits per heavy atom. The van der Waals surface area contributed by atoms with Crippen molar-refractivity contribution in [2.75, 3.05) is 0 Å². The molecule has 0 aromatic heterocycles. The molecule has 1 aliphatic rings. The van der Waals surface area contributed by atoms with Gasteiger partial charge in [-0.25, -0.2) is 0 Å². The fourth-order valence-corrected chi connectivity index (χ4v) is 2.95. The minimum atomic E-state index is -0.111. The molecule has 0 amide bonds. The largest absolute Gasteiger partial charge is 0.299 e. The van der Waals surface area contributed by atoms with E-state index in [0.29, 0.717) is 5.78 Å². The molecule has 1 aromatic carbocycles. The summed E-state index contributed by atoms with van der Waals surface area (Å²) in [7, 11) is 0. The highest BCUT2D eigenvalue weighted by Gasteiger charge is 2.22. The van der Waals surface area contributed by atoms with Crippen molar-refractivity contribution in [1.29, 1.82) is 0 Å². The Kier molecular flexibility index (Phi) is 5.63. The van der Waals surface area contributed by atoms with Gasteiger partial charge in [0.1, 0.15) is 5.78 Å². The molecule has 106 valence electrons. The molecular weight excluding hydrogens is 250 g/mol. The van der Waals surface area contributed by atoms with E-state index in [9.17, 15) is 4.79 Å². The van der Waals surface area contributed by atoms with Crippen molar-refractivity contribution in [3.63, 3.8) is 0 Å². The van der Waals surface area contributed by atoms with Gasteiger partial charge in [-0.05, 0) is 36.8 Å². The Morgan fingerprint density at radius 2 is 2.10 bits per heavy atom. The van der Waals surface area contributed by atoms with Crippen molar-refractivity contribution >= 4 is 5.78 Å². The van der Waals surface area contributed by atoms with E-state index in [4.69, 9.17) is 5.53 Å². The summed E-state index contributed by atoms with van der Waals surface area (Å²) in [4.78, 5) is 14.7. The van der Waals surface area contributed by atoms with E-state index in [-0.39, 0.29) is 12.0 Å². The maximum Gasteiger partial charge on any atom is 0.135 e. The lowest BCUT2D eigenvalue weighted by Gasteiger charge is -2.21. The van der Waals surface area contributed by atoms with Gasteiger partial charge in [0.05, 0.1) is 6.04 Å². The molecule has 0 aliphatic heterocycles. The Hall–Kier alpha value is -1.80. The third-order valence-electron chi connectivity index (χ3n) is 4.09. The first-order chi connectivity index (χ1) is 9.81. The van der Waals surface area contributed by atoms with Crippen LogP contribution in [0.25, 0.3) is 10.4 Å². The van der Waals surface area contributed by atoms with Gasteiger partial charge in [-0.15, -0.1) is 0 Å². The smallest absolute Gasteiger partial charge is 0.135 e. The Labute approximate surface area is 119 Å². The second kappa shape index (κ2) is 7.71. The number of Topliss-reactive ketones (excluding diaryl/α,β-unsaturated/α-hetero) is 1. The Bertz CT molecular complexity index is 480. The topological polar surface area (TPSA) is 65.8 Å². The zero-order valence-electron chi connectivity index (χ0n) is 11.7. The van der Waals surface area contributed by atoms with Crippen LogP contribution in [0.4, 0.5) is 0 Å². The molecule has 1 aliphatic carbocycles. The minimum Gasteiger partial charge on any atom is -0.299 e. The van der Waals surface area contributed by atoms with Gasteiger partial charge < -0.3 is 0 Å². The number of rotatable bonds is 6. The third-order valence-corrected chi connectivity index (χ3v) is 4.09. The minimum absolute atomic E-state index is 0.111. The van der Waals surface area contributed by atoms with E-state index in [1.807, 2.05) is 30.3 Å². The Balaban J connectivity index is 1.86. The fourth-order valence-electron chi connectivity index (χ4n) is 2.95. The molecule has 0 heterocycles. The highest BCUT2D eigenvalue weighted by atomic mass is 16.1. The van der Waals surface area contributed by atoms with Crippen molar-refractivity contribution in [2.24, 2.45) is 11.0 Å². The van der Waals surface area contributed by atoms with Crippen LogP contribution < -0.4 is 0 Å². The van der Waals surface area contributed by atoms with Crippen LogP contribution in [0.15, 0.2) is 35.4 Å². The molecule has 20 heavy (non-hydrogen) atoms. The van der Waals surface area contributed by atoms with E-state index in [2.05, 4.69) is 10.0 Å². The number of nitrogens with zero attached hydrogens (tertiary/aromatic N) is 3. The second-order valence-electron chi connectivity index (χ2n) is 5.47. The molecule has 2 rings (SSSR count). The number of hydrogen-bond donors (Lipinski definition) is 0. The maximum atomic E-state index is 11.8. The lowest BCUT2D eigenvalue weighted by Crippen LogP contribution is -2.18. The zero-order chi connectivity index (χ0) is 14.2. The van der Waals surface area contributed by atoms with E-state index in [1.165, 1.54) is 6.42 Å². The number of azide groups is 1. The summed E-state index contributed by atoms with van der Waals surface area (Å²) in [6, 6.07) is 9.74. The summed E-state index contributed by atoms with van der Waals surface area (Å²) >= 11 is 0. The van der Waals surface area contributed by atoms with Gasteiger partial charge >= 0.3 is 0 Å². The summed E-state index contributed by atoms with van der Waals surface area (Å²) in [6.07, 6.45) is 6.71. The first-order valence-electron chi connectivity index (χ1n) is 7.43. The summed E-state index contributed by atoms with van der Waals surface area (Å²) in [6.45, 7) is 0. The monoisotopic (exact) mass is 271 g/mol. The van der Waals surface area contributed by atoms with Gasteiger partial charge in [0.2, 0.25) is 0 Å². The van der Waals surface area contributed by atoms with Crippen LogP contribution in [0, 0.1) is 5.92 Å². The number of hydrogen-bond acceptors (Lipinski definition) is 2. The molecule has 2 atom stereocenters. The quantitative estimate of drug-likeness (QED) is 0.409. The van der Waals surface area contributed by atoms with Crippen molar-refractivity contribution in [2.45, 2.75) is 51.0 Å². The average Bonchev–Trinajstić information content (AvgIpc) is 2.49.